The Morgan fingerprint density at radius 2 is 2.40 bits per heavy atom. The van der Waals surface area contributed by atoms with Crippen molar-refractivity contribution in [2.75, 3.05) is 6.54 Å². The lowest BCUT2D eigenvalue weighted by molar-refractivity contribution is 0.528. The van der Waals surface area contributed by atoms with E-state index in [-0.39, 0.29) is 0 Å². The van der Waals surface area contributed by atoms with Crippen LogP contribution in [0.4, 0.5) is 0 Å². The number of nitrogens with zero attached hydrogens (tertiary/aromatic N) is 4. The van der Waals surface area contributed by atoms with Gasteiger partial charge in [0.15, 0.2) is 0 Å². The molecule has 6 nitrogen and oxygen atoms in total. The van der Waals surface area contributed by atoms with Crippen LogP contribution < -0.4 is 5.32 Å². The Kier molecular flexibility index (Phi) is 3.45. The number of aromatic nitrogens is 5. The standard InChI is InChI=1S/C9H14N6/c1(6-15-7-5-12-14-15)3-10-8-9-2-4-11-13-9/h2,4-5,7,10H,1,3,6,8H2,(H,11,13). The Labute approximate surface area is 87.7 Å². The molecule has 0 aromatic carbocycles. The quantitative estimate of drug-likeness (QED) is 0.661. The zero-order valence-electron chi connectivity index (χ0n) is 8.43. The van der Waals surface area contributed by atoms with Crippen LogP contribution in [0.5, 0.6) is 0 Å². The third-order valence-electron chi connectivity index (χ3n) is 2.09. The van der Waals surface area contributed by atoms with Gasteiger partial charge < -0.3 is 5.32 Å². The largest absolute Gasteiger partial charge is 0.311 e. The maximum atomic E-state index is 3.89. The zero-order valence-corrected chi connectivity index (χ0v) is 8.43. The predicted octanol–water partition coefficient (Wildman–Crippen LogP) is 0.181. The first-order valence-corrected chi connectivity index (χ1v) is 4.98. The van der Waals surface area contributed by atoms with Crippen LogP contribution in [0.15, 0.2) is 24.7 Å². The van der Waals surface area contributed by atoms with Crippen molar-refractivity contribution >= 4 is 0 Å². The molecule has 0 spiro atoms. The summed E-state index contributed by atoms with van der Waals surface area (Å²) in [5.74, 6) is 0. The molecule has 0 saturated carbocycles. The van der Waals surface area contributed by atoms with Gasteiger partial charge in [-0.1, -0.05) is 5.21 Å². The highest BCUT2D eigenvalue weighted by Gasteiger charge is 1.94. The highest BCUT2D eigenvalue weighted by Crippen LogP contribution is 1.90. The molecule has 2 aromatic heterocycles. The van der Waals surface area contributed by atoms with E-state index in [1.807, 2.05) is 16.9 Å². The topological polar surface area (TPSA) is 71.4 Å². The summed E-state index contributed by atoms with van der Waals surface area (Å²) in [5, 5.41) is 17.7. The third kappa shape index (κ3) is 3.17. The lowest BCUT2D eigenvalue weighted by Crippen LogP contribution is -2.16. The maximum Gasteiger partial charge on any atom is 0.0692 e. The molecule has 2 heterocycles. The molecule has 0 unspecified atom stereocenters. The molecule has 80 valence electrons. The molecule has 0 saturated heterocycles. The van der Waals surface area contributed by atoms with Crippen molar-refractivity contribution in [1.82, 2.24) is 30.5 Å². The molecule has 0 aliphatic carbocycles. The fourth-order valence-electron chi connectivity index (χ4n) is 1.32. The van der Waals surface area contributed by atoms with Crippen molar-refractivity contribution in [3.8, 4) is 0 Å². The van der Waals surface area contributed by atoms with Crippen LogP contribution in [0, 0.1) is 0 Å². The Balaban J connectivity index is 1.56. The Morgan fingerprint density at radius 3 is 3.13 bits per heavy atom. The number of rotatable bonds is 6. The Morgan fingerprint density at radius 1 is 1.40 bits per heavy atom. The van der Waals surface area contributed by atoms with Crippen molar-refractivity contribution in [3.05, 3.63) is 30.4 Å². The summed E-state index contributed by atoms with van der Waals surface area (Å²) >= 11 is 0. The monoisotopic (exact) mass is 206 g/mol. The van der Waals surface area contributed by atoms with Crippen LogP contribution in [0.3, 0.4) is 0 Å². The van der Waals surface area contributed by atoms with Gasteiger partial charge in [-0.15, -0.1) is 5.10 Å². The number of nitrogens with one attached hydrogen (secondary N) is 2. The van der Waals surface area contributed by atoms with E-state index in [2.05, 4.69) is 25.8 Å². The van der Waals surface area contributed by atoms with Crippen LogP contribution in [-0.4, -0.2) is 31.7 Å². The molecule has 0 bridgehead atoms. The van der Waals surface area contributed by atoms with E-state index >= 15 is 0 Å². The van der Waals surface area contributed by atoms with Crippen molar-refractivity contribution in [3.63, 3.8) is 0 Å². The molecule has 2 rings (SSSR count). The number of hydrogen-bond acceptors (Lipinski definition) is 4. The average Bonchev–Trinajstić information content (AvgIpc) is 2.88. The lowest BCUT2D eigenvalue weighted by Gasteiger charge is -2.02. The SMILES string of the molecule is c1cn(CCCNCc2ccn[nH]2)nn1. The minimum atomic E-state index is 0.831. The molecule has 0 amide bonds. The number of aromatic amines is 1. The molecule has 0 radical (unpaired) electrons. The van der Waals surface area contributed by atoms with E-state index in [1.165, 1.54) is 0 Å². The zero-order chi connectivity index (χ0) is 10.3. The molecule has 0 aliphatic heterocycles. The predicted molar refractivity (Wildman–Crippen MR) is 54.9 cm³/mol. The van der Waals surface area contributed by atoms with Gasteiger partial charge in [-0.25, -0.2) is 0 Å². The van der Waals surface area contributed by atoms with E-state index in [0.717, 1.165) is 31.7 Å². The van der Waals surface area contributed by atoms with Crippen LogP contribution in [0.2, 0.25) is 0 Å². The number of hydrogen-bond donors (Lipinski definition) is 2. The molecular formula is C9H14N6. The van der Waals surface area contributed by atoms with Gasteiger partial charge in [-0.3, -0.25) is 9.78 Å². The summed E-state index contributed by atoms with van der Waals surface area (Å²) in [7, 11) is 0. The molecule has 0 fully saturated rings. The second-order valence-electron chi connectivity index (χ2n) is 3.28. The minimum absolute atomic E-state index is 0.831. The fourth-order valence-corrected chi connectivity index (χ4v) is 1.32. The second-order valence-corrected chi connectivity index (χ2v) is 3.28. The normalized spacial score (nSPS) is 10.7. The highest BCUT2D eigenvalue weighted by molar-refractivity contribution is 4.96. The number of aryl methyl sites for hydroxylation is 1. The summed E-state index contributed by atoms with van der Waals surface area (Å²) in [6.07, 6.45) is 6.36. The maximum absolute atomic E-state index is 3.89. The van der Waals surface area contributed by atoms with E-state index in [4.69, 9.17) is 0 Å². The van der Waals surface area contributed by atoms with Crippen LogP contribution in [0.1, 0.15) is 12.1 Å². The van der Waals surface area contributed by atoms with Crippen molar-refractivity contribution in [2.24, 2.45) is 0 Å². The Hall–Kier alpha value is -1.69. The summed E-state index contributed by atoms with van der Waals surface area (Å²) in [6.45, 7) is 2.69. The molecule has 6 heteroatoms. The molecule has 2 aromatic rings. The van der Waals surface area contributed by atoms with Gasteiger partial charge in [0.1, 0.15) is 0 Å². The first-order chi connectivity index (χ1) is 7.45. The first kappa shape index (κ1) is 9.85. The van der Waals surface area contributed by atoms with Gasteiger partial charge in [0.25, 0.3) is 0 Å². The third-order valence-corrected chi connectivity index (χ3v) is 2.09. The van der Waals surface area contributed by atoms with E-state index in [9.17, 15) is 0 Å². The van der Waals surface area contributed by atoms with Gasteiger partial charge in [0, 0.05) is 31.2 Å². The van der Waals surface area contributed by atoms with Crippen molar-refractivity contribution < 1.29 is 0 Å². The summed E-state index contributed by atoms with van der Waals surface area (Å²) < 4.78 is 1.83. The average molecular weight is 206 g/mol. The lowest BCUT2D eigenvalue weighted by atomic mass is 10.4. The van der Waals surface area contributed by atoms with E-state index < -0.39 is 0 Å². The Bertz CT molecular complexity index is 316. The van der Waals surface area contributed by atoms with Gasteiger partial charge in [0.2, 0.25) is 0 Å². The van der Waals surface area contributed by atoms with Crippen LogP contribution >= 0.6 is 0 Å². The van der Waals surface area contributed by atoms with Gasteiger partial charge >= 0.3 is 0 Å². The van der Waals surface area contributed by atoms with Gasteiger partial charge in [-0.05, 0) is 19.0 Å². The van der Waals surface area contributed by atoms with Crippen molar-refractivity contribution in [2.45, 2.75) is 19.5 Å². The second kappa shape index (κ2) is 5.26. The highest BCUT2D eigenvalue weighted by atomic mass is 15.4. The van der Waals surface area contributed by atoms with Crippen LogP contribution in [-0.2, 0) is 13.1 Å². The molecule has 0 atom stereocenters. The molecule has 2 N–H and O–H groups in total. The number of H-pyrrole nitrogens is 1. The smallest absolute Gasteiger partial charge is 0.0692 e. The van der Waals surface area contributed by atoms with Crippen molar-refractivity contribution in [1.29, 1.82) is 0 Å². The molecule has 0 aliphatic rings. The van der Waals surface area contributed by atoms with Gasteiger partial charge in [0.05, 0.1) is 6.20 Å². The summed E-state index contributed by atoms with van der Waals surface area (Å²) in [5.41, 5.74) is 1.11. The minimum Gasteiger partial charge on any atom is -0.311 e. The first-order valence-electron chi connectivity index (χ1n) is 4.98. The summed E-state index contributed by atoms with van der Waals surface area (Å²) in [6, 6.07) is 1.96. The van der Waals surface area contributed by atoms with Gasteiger partial charge in [-0.2, -0.15) is 5.10 Å². The van der Waals surface area contributed by atoms with E-state index in [0.29, 0.717) is 0 Å². The molecular weight excluding hydrogens is 192 g/mol. The summed E-state index contributed by atoms with van der Waals surface area (Å²) in [4.78, 5) is 0. The van der Waals surface area contributed by atoms with Crippen LogP contribution in [0.25, 0.3) is 0 Å². The fraction of sp³-hybridized carbons (Fsp3) is 0.444. The van der Waals surface area contributed by atoms with E-state index in [1.54, 1.807) is 12.4 Å². The molecule has 15 heavy (non-hydrogen) atoms.